The van der Waals surface area contributed by atoms with Crippen molar-refractivity contribution in [1.29, 1.82) is 0 Å². The SMILES string of the molecule is Cc1cc(C)c(NC(=O)C2(CN)CCC(C)CC2)c(Br)c1. The Hall–Kier alpha value is -0.870. The van der Waals surface area contributed by atoms with Crippen LogP contribution in [-0.4, -0.2) is 12.5 Å². The van der Waals surface area contributed by atoms with Crippen molar-refractivity contribution in [1.82, 2.24) is 0 Å². The van der Waals surface area contributed by atoms with Gasteiger partial charge in [-0.1, -0.05) is 13.0 Å². The molecule has 0 saturated heterocycles. The molecule has 1 aliphatic rings. The molecule has 1 saturated carbocycles. The molecule has 21 heavy (non-hydrogen) atoms. The van der Waals surface area contributed by atoms with E-state index in [4.69, 9.17) is 5.73 Å². The molecule has 0 unspecified atom stereocenters. The zero-order valence-corrected chi connectivity index (χ0v) is 14.7. The Morgan fingerprint density at radius 3 is 2.52 bits per heavy atom. The Bertz CT molecular complexity index is 511. The normalized spacial score (nSPS) is 25.7. The topological polar surface area (TPSA) is 55.1 Å². The fourth-order valence-electron chi connectivity index (χ4n) is 3.16. The van der Waals surface area contributed by atoms with E-state index in [1.807, 2.05) is 19.9 Å². The van der Waals surface area contributed by atoms with Crippen LogP contribution in [0.4, 0.5) is 5.69 Å². The number of benzene rings is 1. The third kappa shape index (κ3) is 3.49. The smallest absolute Gasteiger partial charge is 0.231 e. The van der Waals surface area contributed by atoms with E-state index in [2.05, 4.69) is 34.2 Å². The third-order valence-electron chi connectivity index (χ3n) is 4.77. The van der Waals surface area contributed by atoms with Crippen molar-refractivity contribution >= 4 is 27.5 Å². The van der Waals surface area contributed by atoms with Gasteiger partial charge in [0, 0.05) is 11.0 Å². The number of amides is 1. The van der Waals surface area contributed by atoms with E-state index in [-0.39, 0.29) is 5.91 Å². The lowest BCUT2D eigenvalue weighted by molar-refractivity contribution is -0.127. The monoisotopic (exact) mass is 352 g/mol. The van der Waals surface area contributed by atoms with Crippen LogP contribution in [0, 0.1) is 25.2 Å². The van der Waals surface area contributed by atoms with Gasteiger partial charge in [0.05, 0.1) is 11.1 Å². The highest BCUT2D eigenvalue weighted by molar-refractivity contribution is 9.10. The summed E-state index contributed by atoms with van der Waals surface area (Å²) >= 11 is 3.55. The fourth-order valence-corrected chi connectivity index (χ4v) is 3.93. The van der Waals surface area contributed by atoms with Gasteiger partial charge < -0.3 is 11.1 Å². The van der Waals surface area contributed by atoms with Gasteiger partial charge in [-0.2, -0.15) is 0 Å². The molecular weight excluding hydrogens is 328 g/mol. The second kappa shape index (κ2) is 6.49. The van der Waals surface area contributed by atoms with Gasteiger partial charge in [-0.3, -0.25) is 4.79 Å². The first kappa shape index (κ1) is 16.5. The molecule has 0 radical (unpaired) electrons. The molecule has 1 fully saturated rings. The zero-order valence-electron chi connectivity index (χ0n) is 13.1. The summed E-state index contributed by atoms with van der Waals surface area (Å²) in [6.07, 6.45) is 3.94. The Kier molecular flexibility index (Phi) is 5.10. The molecule has 4 heteroatoms. The van der Waals surface area contributed by atoms with Crippen LogP contribution < -0.4 is 11.1 Å². The average Bonchev–Trinajstić information content (AvgIpc) is 2.43. The van der Waals surface area contributed by atoms with Crippen molar-refractivity contribution in [3.63, 3.8) is 0 Å². The highest BCUT2D eigenvalue weighted by Crippen LogP contribution is 2.40. The molecule has 2 rings (SSSR count). The van der Waals surface area contributed by atoms with Gasteiger partial charge in [0.1, 0.15) is 0 Å². The van der Waals surface area contributed by atoms with E-state index >= 15 is 0 Å². The molecule has 0 bridgehead atoms. The molecule has 116 valence electrons. The van der Waals surface area contributed by atoms with E-state index in [0.717, 1.165) is 41.4 Å². The third-order valence-corrected chi connectivity index (χ3v) is 5.40. The predicted molar refractivity (Wildman–Crippen MR) is 91.4 cm³/mol. The second-order valence-electron chi connectivity index (χ2n) is 6.56. The minimum absolute atomic E-state index is 0.0737. The van der Waals surface area contributed by atoms with Crippen LogP contribution in [0.25, 0.3) is 0 Å². The number of carbonyl (C=O) groups is 1. The summed E-state index contributed by atoms with van der Waals surface area (Å²) in [7, 11) is 0. The van der Waals surface area contributed by atoms with Crippen LogP contribution >= 0.6 is 15.9 Å². The number of nitrogens with one attached hydrogen (secondary N) is 1. The number of nitrogens with two attached hydrogens (primary N) is 1. The first-order chi connectivity index (χ1) is 9.88. The zero-order chi connectivity index (χ0) is 15.6. The summed E-state index contributed by atoms with van der Waals surface area (Å²) in [5.41, 5.74) is 8.69. The van der Waals surface area contributed by atoms with E-state index < -0.39 is 5.41 Å². The van der Waals surface area contributed by atoms with Crippen LogP contribution in [0.3, 0.4) is 0 Å². The Morgan fingerprint density at radius 2 is 2.00 bits per heavy atom. The molecule has 3 nitrogen and oxygen atoms in total. The molecule has 0 heterocycles. The highest BCUT2D eigenvalue weighted by Gasteiger charge is 2.40. The lowest BCUT2D eigenvalue weighted by Gasteiger charge is -2.37. The molecule has 1 amide bonds. The molecule has 1 aromatic rings. The number of hydrogen-bond donors (Lipinski definition) is 2. The lowest BCUT2D eigenvalue weighted by Crippen LogP contribution is -2.45. The maximum Gasteiger partial charge on any atom is 0.231 e. The van der Waals surface area contributed by atoms with E-state index in [1.54, 1.807) is 0 Å². The van der Waals surface area contributed by atoms with Gasteiger partial charge in [0.2, 0.25) is 5.91 Å². The molecule has 1 aliphatic carbocycles. The van der Waals surface area contributed by atoms with E-state index in [1.165, 1.54) is 5.56 Å². The summed E-state index contributed by atoms with van der Waals surface area (Å²) < 4.78 is 0.935. The van der Waals surface area contributed by atoms with Crippen molar-refractivity contribution in [3.8, 4) is 0 Å². The summed E-state index contributed by atoms with van der Waals surface area (Å²) in [6, 6.07) is 4.11. The van der Waals surface area contributed by atoms with Gasteiger partial charge in [0.15, 0.2) is 0 Å². The van der Waals surface area contributed by atoms with Crippen LogP contribution in [0.1, 0.15) is 43.7 Å². The number of halogens is 1. The maximum absolute atomic E-state index is 12.8. The molecule has 0 aliphatic heterocycles. The number of carbonyl (C=O) groups excluding carboxylic acids is 1. The molecule has 0 atom stereocenters. The van der Waals surface area contributed by atoms with E-state index in [0.29, 0.717) is 12.5 Å². The first-order valence-corrected chi connectivity index (χ1v) is 8.45. The van der Waals surface area contributed by atoms with Crippen LogP contribution in [0.15, 0.2) is 16.6 Å². The molecule has 0 spiro atoms. The van der Waals surface area contributed by atoms with Crippen molar-refractivity contribution in [2.24, 2.45) is 17.1 Å². The van der Waals surface area contributed by atoms with Crippen LogP contribution in [-0.2, 0) is 4.79 Å². The minimum Gasteiger partial charge on any atom is -0.329 e. The molecule has 0 aromatic heterocycles. The van der Waals surface area contributed by atoms with Crippen LogP contribution in [0.2, 0.25) is 0 Å². The van der Waals surface area contributed by atoms with Gasteiger partial charge in [-0.05, 0) is 78.6 Å². The summed E-state index contributed by atoms with van der Waals surface area (Å²) in [5, 5.41) is 3.12. The fraction of sp³-hybridized carbons (Fsp3) is 0.588. The number of anilines is 1. The molecular formula is C17H25BrN2O. The Morgan fingerprint density at radius 1 is 1.38 bits per heavy atom. The summed E-state index contributed by atoms with van der Waals surface area (Å²) in [4.78, 5) is 12.8. The average molecular weight is 353 g/mol. The van der Waals surface area contributed by atoms with E-state index in [9.17, 15) is 4.79 Å². The Labute approximate surface area is 135 Å². The Balaban J connectivity index is 2.21. The lowest BCUT2D eigenvalue weighted by atomic mass is 9.70. The van der Waals surface area contributed by atoms with Crippen molar-refractivity contribution in [3.05, 3.63) is 27.7 Å². The molecule has 3 N–H and O–H groups in total. The maximum atomic E-state index is 12.8. The van der Waals surface area contributed by atoms with Gasteiger partial charge in [-0.25, -0.2) is 0 Å². The second-order valence-corrected chi connectivity index (χ2v) is 7.41. The van der Waals surface area contributed by atoms with Crippen LogP contribution in [0.5, 0.6) is 0 Å². The molecule has 1 aromatic carbocycles. The quantitative estimate of drug-likeness (QED) is 0.857. The number of aryl methyl sites for hydroxylation is 2. The number of hydrogen-bond acceptors (Lipinski definition) is 2. The van der Waals surface area contributed by atoms with Crippen molar-refractivity contribution in [2.75, 3.05) is 11.9 Å². The largest absolute Gasteiger partial charge is 0.329 e. The minimum atomic E-state index is -0.400. The van der Waals surface area contributed by atoms with Gasteiger partial charge in [-0.15, -0.1) is 0 Å². The summed E-state index contributed by atoms with van der Waals surface area (Å²) in [6.45, 7) is 6.74. The predicted octanol–water partition coefficient (Wildman–Crippen LogP) is 4.16. The first-order valence-electron chi connectivity index (χ1n) is 7.66. The summed E-state index contributed by atoms with van der Waals surface area (Å²) in [5.74, 6) is 0.773. The van der Waals surface area contributed by atoms with Gasteiger partial charge >= 0.3 is 0 Å². The highest BCUT2D eigenvalue weighted by atomic mass is 79.9. The van der Waals surface area contributed by atoms with Crippen molar-refractivity contribution < 1.29 is 4.79 Å². The number of rotatable bonds is 3. The van der Waals surface area contributed by atoms with Crippen molar-refractivity contribution in [2.45, 2.75) is 46.5 Å². The standard InChI is InChI=1S/C17H25BrN2O/c1-11-4-6-17(10-19,7-5-11)16(21)20-15-13(3)8-12(2)9-14(15)18/h8-9,11H,4-7,10,19H2,1-3H3,(H,20,21). The van der Waals surface area contributed by atoms with Gasteiger partial charge in [0.25, 0.3) is 0 Å².